The van der Waals surface area contributed by atoms with Crippen molar-refractivity contribution in [2.45, 2.75) is 25.3 Å². The molecule has 0 bridgehead atoms. The molecule has 1 aliphatic rings. The van der Waals surface area contributed by atoms with Crippen LogP contribution in [0.25, 0.3) is 0 Å². The SMILES string of the molecule is C=CNC=C.CNC1(C)CCN(c2ccccc2)CC1. The van der Waals surface area contributed by atoms with Gasteiger partial charge >= 0.3 is 0 Å². The van der Waals surface area contributed by atoms with Crippen molar-refractivity contribution in [3.63, 3.8) is 0 Å². The van der Waals surface area contributed by atoms with E-state index in [0.29, 0.717) is 5.54 Å². The molecule has 1 heterocycles. The smallest absolute Gasteiger partial charge is 0.0366 e. The summed E-state index contributed by atoms with van der Waals surface area (Å²) in [5.74, 6) is 0. The first-order chi connectivity index (χ1) is 9.65. The molecule has 0 saturated carbocycles. The zero-order valence-corrected chi connectivity index (χ0v) is 12.7. The van der Waals surface area contributed by atoms with Crippen LogP contribution in [0, 0.1) is 0 Å². The van der Waals surface area contributed by atoms with E-state index in [9.17, 15) is 0 Å². The fourth-order valence-corrected chi connectivity index (χ4v) is 2.23. The summed E-state index contributed by atoms with van der Waals surface area (Å²) in [7, 11) is 2.07. The van der Waals surface area contributed by atoms with Gasteiger partial charge in [0.2, 0.25) is 0 Å². The van der Waals surface area contributed by atoms with Gasteiger partial charge in [-0.15, -0.1) is 0 Å². The van der Waals surface area contributed by atoms with E-state index in [4.69, 9.17) is 0 Å². The summed E-state index contributed by atoms with van der Waals surface area (Å²) in [6, 6.07) is 10.7. The summed E-state index contributed by atoms with van der Waals surface area (Å²) < 4.78 is 0. The molecule has 2 N–H and O–H groups in total. The van der Waals surface area contributed by atoms with Gasteiger partial charge in [0, 0.05) is 24.3 Å². The summed E-state index contributed by atoms with van der Waals surface area (Å²) in [6.07, 6.45) is 5.57. The van der Waals surface area contributed by atoms with Crippen molar-refractivity contribution in [2.24, 2.45) is 0 Å². The van der Waals surface area contributed by atoms with Gasteiger partial charge in [0.05, 0.1) is 0 Å². The lowest BCUT2D eigenvalue weighted by molar-refractivity contribution is 0.305. The standard InChI is InChI=1S/C13H20N2.C4H7N/c1-13(14-2)8-10-15(11-9-13)12-6-4-3-5-7-12;1-3-5-4-2/h3-7,14H,8-11H2,1-2H3;3-5H,1-2H2. The Hall–Kier alpha value is -1.74. The molecule has 0 amide bonds. The maximum atomic E-state index is 3.43. The van der Waals surface area contributed by atoms with Crippen molar-refractivity contribution in [1.29, 1.82) is 0 Å². The van der Waals surface area contributed by atoms with Gasteiger partial charge < -0.3 is 15.5 Å². The van der Waals surface area contributed by atoms with Gasteiger partial charge in [-0.05, 0) is 51.3 Å². The lowest BCUT2D eigenvalue weighted by Gasteiger charge is -2.40. The first-order valence-electron chi connectivity index (χ1n) is 7.12. The molecule has 0 aromatic heterocycles. The normalized spacial score (nSPS) is 16.6. The quantitative estimate of drug-likeness (QED) is 0.882. The largest absolute Gasteiger partial charge is 0.371 e. The Morgan fingerprint density at radius 2 is 1.65 bits per heavy atom. The highest BCUT2D eigenvalue weighted by Gasteiger charge is 2.27. The van der Waals surface area contributed by atoms with Crippen molar-refractivity contribution in [1.82, 2.24) is 10.6 Å². The molecule has 3 heteroatoms. The average molecular weight is 273 g/mol. The molecule has 2 rings (SSSR count). The van der Waals surface area contributed by atoms with E-state index < -0.39 is 0 Å². The molecule has 1 saturated heterocycles. The van der Waals surface area contributed by atoms with Crippen LogP contribution in [0.4, 0.5) is 5.69 Å². The average Bonchev–Trinajstić information content (AvgIpc) is 2.50. The Kier molecular flexibility index (Phi) is 6.88. The van der Waals surface area contributed by atoms with Crippen molar-refractivity contribution in [3.8, 4) is 0 Å². The number of hydrogen-bond donors (Lipinski definition) is 2. The fourth-order valence-electron chi connectivity index (χ4n) is 2.23. The Balaban J connectivity index is 0.000000347. The summed E-state index contributed by atoms with van der Waals surface area (Å²) in [6.45, 7) is 11.4. The topological polar surface area (TPSA) is 27.3 Å². The highest BCUT2D eigenvalue weighted by atomic mass is 15.2. The van der Waals surface area contributed by atoms with Crippen LogP contribution < -0.4 is 15.5 Å². The number of rotatable bonds is 4. The summed E-state index contributed by atoms with van der Waals surface area (Å²) >= 11 is 0. The Labute approximate surface area is 123 Å². The molecule has 0 atom stereocenters. The van der Waals surface area contributed by atoms with Crippen molar-refractivity contribution < 1.29 is 0 Å². The number of para-hydroxylation sites is 1. The first kappa shape index (κ1) is 16.3. The molecule has 20 heavy (non-hydrogen) atoms. The molecule has 1 fully saturated rings. The van der Waals surface area contributed by atoms with Crippen LogP contribution in [-0.4, -0.2) is 25.7 Å². The molecular weight excluding hydrogens is 246 g/mol. The highest BCUT2D eigenvalue weighted by Crippen LogP contribution is 2.25. The summed E-state index contributed by atoms with van der Waals surface area (Å²) in [5, 5.41) is 6.06. The van der Waals surface area contributed by atoms with Crippen LogP contribution >= 0.6 is 0 Å². The number of nitrogens with one attached hydrogen (secondary N) is 2. The van der Waals surface area contributed by atoms with Crippen LogP contribution in [0.3, 0.4) is 0 Å². The van der Waals surface area contributed by atoms with Gasteiger partial charge in [-0.2, -0.15) is 0 Å². The van der Waals surface area contributed by atoms with E-state index >= 15 is 0 Å². The van der Waals surface area contributed by atoms with Gasteiger partial charge in [0.1, 0.15) is 0 Å². The molecule has 1 aromatic rings. The fraction of sp³-hybridized carbons (Fsp3) is 0.412. The van der Waals surface area contributed by atoms with E-state index in [1.165, 1.54) is 18.5 Å². The Bertz CT molecular complexity index is 386. The maximum Gasteiger partial charge on any atom is 0.0366 e. The number of piperidine rings is 1. The van der Waals surface area contributed by atoms with Gasteiger partial charge in [-0.1, -0.05) is 31.4 Å². The predicted molar refractivity (Wildman–Crippen MR) is 88.9 cm³/mol. The van der Waals surface area contributed by atoms with Gasteiger partial charge in [-0.3, -0.25) is 0 Å². The van der Waals surface area contributed by atoms with E-state index in [1.54, 1.807) is 12.4 Å². The van der Waals surface area contributed by atoms with E-state index in [2.05, 4.69) is 73.0 Å². The lowest BCUT2D eigenvalue weighted by atomic mass is 9.90. The van der Waals surface area contributed by atoms with Gasteiger partial charge in [-0.25, -0.2) is 0 Å². The molecule has 0 radical (unpaired) electrons. The molecular formula is C17H27N3. The van der Waals surface area contributed by atoms with Crippen molar-refractivity contribution in [2.75, 3.05) is 25.0 Å². The van der Waals surface area contributed by atoms with Crippen LogP contribution in [0.1, 0.15) is 19.8 Å². The van der Waals surface area contributed by atoms with Crippen molar-refractivity contribution >= 4 is 5.69 Å². The number of hydrogen-bond acceptors (Lipinski definition) is 3. The summed E-state index contributed by atoms with van der Waals surface area (Å²) in [4.78, 5) is 2.47. The second-order valence-corrected chi connectivity index (χ2v) is 5.21. The summed E-state index contributed by atoms with van der Waals surface area (Å²) in [5.41, 5.74) is 1.70. The minimum Gasteiger partial charge on any atom is -0.371 e. The van der Waals surface area contributed by atoms with E-state index in [-0.39, 0.29) is 0 Å². The molecule has 0 unspecified atom stereocenters. The molecule has 0 spiro atoms. The molecule has 1 aromatic carbocycles. The lowest BCUT2D eigenvalue weighted by Crippen LogP contribution is -2.50. The molecule has 0 aliphatic carbocycles. The first-order valence-corrected chi connectivity index (χ1v) is 7.12. The predicted octanol–water partition coefficient (Wildman–Crippen LogP) is 3.13. The molecule has 110 valence electrons. The Morgan fingerprint density at radius 3 is 2.05 bits per heavy atom. The second-order valence-electron chi connectivity index (χ2n) is 5.21. The zero-order chi connectivity index (χ0) is 14.8. The minimum absolute atomic E-state index is 0.339. The monoisotopic (exact) mass is 273 g/mol. The zero-order valence-electron chi connectivity index (χ0n) is 12.7. The third kappa shape index (κ3) is 5.10. The number of nitrogens with zero attached hydrogens (tertiary/aromatic N) is 1. The van der Waals surface area contributed by atoms with Crippen LogP contribution in [0.5, 0.6) is 0 Å². The van der Waals surface area contributed by atoms with E-state index in [0.717, 1.165) is 13.1 Å². The molecule has 1 aliphatic heterocycles. The van der Waals surface area contributed by atoms with E-state index in [1.807, 2.05) is 0 Å². The second kappa shape index (κ2) is 8.43. The van der Waals surface area contributed by atoms with Crippen LogP contribution in [0.2, 0.25) is 0 Å². The molecule has 3 nitrogen and oxygen atoms in total. The highest BCUT2D eigenvalue weighted by molar-refractivity contribution is 5.46. The number of anilines is 1. The van der Waals surface area contributed by atoms with Crippen LogP contribution in [-0.2, 0) is 0 Å². The third-order valence-corrected chi connectivity index (χ3v) is 3.83. The number of benzene rings is 1. The third-order valence-electron chi connectivity index (χ3n) is 3.83. The minimum atomic E-state index is 0.339. The Morgan fingerprint density at radius 1 is 1.10 bits per heavy atom. The van der Waals surface area contributed by atoms with Gasteiger partial charge in [0.25, 0.3) is 0 Å². The van der Waals surface area contributed by atoms with Crippen LogP contribution in [0.15, 0.2) is 55.9 Å². The van der Waals surface area contributed by atoms with Crippen molar-refractivity contribution in [3.05, 3.63) is 55.9 Å². The maximum absolute atomic E-state index is 3.43. The van der Waals surface area contributed by atoms with Gasteiger partial charge in [0.15, 0.2) is 0 Å².